The lowest BCUT2D eigenvalue weighted by atomic mass is 9.95. The van der Waals surface area contributed by atoms with E-state index >= 15 is 0 Å². The van der Waals surface area contributed by atoms with Crippen LogP contribution in [0, 0.1) is 5.82 Å². The van der Waals surface area contributed by atoms with Crippen LogP contribution in [0.2, 0.25) is 0 Å². The third kappa shape index (κ3) is 4.68. The van der Waals surface area contributed by atoms with Crippen LogP contribution in [0.4, 0.5) is 4.39 Å². The van der Waals surface area contributed by atoms with E-state index in [9.17, 15) is 4.39 Å². The van der Waals surface area contributed by atoms with E-state index in [-0.39, 0.29) is 35.2 Å². The Hall–Kier alpha value is -2.03. The zero-order chi connectivity index (χ0) is 18.7. The third-order valence-corrected chi connectivity index (χ3v) is 5.28. The van der Waals surface area contributed by atoms with Crippen LogP contribution in [0.1, 0.15) is 24.0 Å². The van der Waals surface area contributed by atoms with Gasteiger partial charge in [-0.25, -0.2) is 4.39 Å². The molecule has 7 heteroatoms. The Bertz CT molecular complexity index is 838. The van der Waals surface area contributed by atoms with E-state index < -0.39 is 0 Å². The normalized spacial score (nSPS) is 16.3. The highest BCUT2D eigenvalue weighted by molar-refractivity contribution is 14.0. The summed E-state index contributed by atoms with van der Waals surface area (Å²) in [6.45, 7) is 1.86. The Labute approximate surface area is 181 Å². The first-order valence-electron chi connectivity index (χ1n) is 9.28. The van der Waals surface area contributed by atoms with Crippen LogP contribution < -0.4 is 20.1 Å². The summed E-state index contributed by atoms with van der Waals surface area (Å²) in [4.78, 5) is 4.31. The zero-order valence-electron chi connectivity index (χ0n) is 15.8. The Morgan fingerprint density at radius 3 is 2.54 bits per heavy atom. The van der Waals surface area contributed by atoms with Gasteiger partial charge in [0.25, 0.3) is 0 Å². The highest BCUT2D eigenvalue weighted by atomic mass is 127. The Balaban J connectivity index is 0.00000225. The van der Waals surface area contributed by atoms with Gasteiger partial charge >= 0.3 is 0 Å². The maximum Gasteiger partial charge on any atom is 0.231 e. The van der Waals surface area contributed by atoms with Crippen molar-refractivity contribution in [2.24, 2.45) is 4.99 Å². The number of hydrogen-bond donors (Lipinski definition) is 2. The van der Waals surface area contributed by atoms with Crippen molar-refractivity contribution in [1.82, 2.24) is 10.6 Å². The number of nitrogens with one attached hydrogen (secondary N) is 2. The molecule has 1 aliphatic heterocycles. The second kappa shape index (κ2) is 8.98. The van der Waals surface area contributed by atoms with E-state index in [2.05, 4.69) is 27.8 Å². The second-order valence-corrected chi connectivity index (χ2v) is 7.08. The smallest absolute Gasteiger partial charge is 0.231 e. The minimum atomic E-state index is -0.206. The molecule has 0 atom stereocenters. The van der Waals surface area contributed by atoms with Gasteiger partial charge in [0.05, 0.1) is 0 Å². The molecule has 1 heterocycles. The predicted molar refractivity (Wildman–Crippen MR) is 118 cm³/mol. The lowest BCUT2D eigenvalue weighted by Gasteiger charge is -2.19. The van der Waals surface area contributed by atoms with Gasteiger partial charge in [0, 0.05) is 25.6 Å². The van der Waals surface area contributed by atoms with Gasteiger partial charge in [0.2, 0.25) is 6.79 Å². The number of aliphatic imine (C=N–C) groups is 1. The lowest BCUT2D eigenvalue weighted by molar-refractivity contribution is 0.174. The van der Waals surface area contributed by atoms with Crippen LogP contribution in [0.15, 0.2) is 47.5 Å². The molecular formula is C21H25FIN3O2. The van der Waals surface area contributed by atoms with Crippen molar-refractivity contribution in [1.29, 1.82) is 0 Å². The molecule has 1 fully saturated rings. The molecule has 0 bridgehead atoms. The third-order valence-electron chi connectivity index (χ3n) is 5.28. The van der Waals surface area contributed by atoms with Gasteiger partial charge in [-0.3, -0.25) is 4.99 Å². The van der Waals surface area contributed by atoms with Crippen LogP contribution >= 0.6 is 24.0 Å². The molecule has 0 saturated heterocycles. The quantitative estimate of drug-likeness (QED) is 0.364. The highest BCUT2D eigenvalue weighted by Crippen LogP contribution is 2.49. The molecule has 150 valence electrons. The van der Waals surface area contributed by atoms with E-state index in [1.54, 1.807) is 7.05 Å². The number of ether oxygens (including phenoxy) is 2. The van der Waals surface area contributed by atoms with Crippen LogP contribution in [0.25, 0.3) is 0 Å². The number of hydrogen-bond acceptors (Lipinski definition) is 3. The SMILES string of the molecule is CN=C(NCCc1ccc(F)cc1)NCC1(c2ccc3c(c2)OCO3)CC1.I. The van der Waals surface area contributed by atoms with E-state index in [0.29, 0.717) is 6.79 Å². The van der Waals surface area contributed by atoms with Crippen LogP contribution in [-0.4, -0.2) is 32.9 Å². The number of halogens is 2. The molecule has 0 unspecified atom stereocenters. The van der Waals surface area contributed by atoms with Gasteiger partial charge in [-0.15, -0.1) is 24.0 Å². The predicted octanol–water partition coefficient (Wildman–Crippen LogP) is 3.61. The molecule has 0 amide bonds. The maximum absolute atomic E-state index is 13.0. The topological polar surface area (TPSA) is 54.9 Å². The van der Waals surface area contributed by atoms with E-state index in [0.717, 1.165) is 55.4 Å². The van der Waals surface area contributed by atoms with Gasteiger partial charge in [-0.1, -0.05) is 18.2 Å². The molecular weight excluding hydrogens is 472 g/mol. The fourth-order valence-electron chi connectivity index (χ4n) is 3.39. The van der Waals surface area contributed by atoms with E-state index in [1.807, 2.05) is 18.2 Å². The van der Waals surface area contributed by atoms with Gasteiger partial charge in [-0.2, -0.15) is 0 Å². The molecule has 2 aliphatic rings. The lowest BCUT2D eigenvalue weighted by Crippen LogP contribution is -2.41. The minimum absolute atomic E-state index is 0. The molecule has 28 heavy (non-hydrogen) atoms. The number of guanidine groups is 1. The van der Waals surface area contributed by atoms with Crippen LogP contribution in [0.5, 0.6) is 11.5 Å². The van der Waals surface area contributed by atoms with Gasteiger partial charge < -0.3 is 20.1 Å². The van der Waals surface area contributed by atoms with E-state index in [4.69, 9.17) is 9.47 Å². The van der Waals surface area contributed by atoms with Gasteiger partial charge in [0.1, 0.15) is 5.82 Å². The van der Waals surface area contributed by atoms with E-state index in [1.165, 1.54) is 17.7 Å². The summed E-state index contributed by atoms with van der Waals surface area (Å²) in [5.41, 5.74) is 2.51. The fraction of sp³-hybridized carbons (Fsp3) is 0.381. The molecule has 5 nitrogen and oxygen atoms in total. The standard InChI is InChI=1S/C21H24FN3O2.HI/c1-23-20(24-11-8-15-2-5-17(22)6-3-15)25-13-21(9-10-21)16-4-7-18-19(12-16)27-14-26-18;/h2-7,12H,8-11,13-14H2,1H3,(H2,23,24,25);1H. The molecule has 1 saturated carbocycles. The summed E-state index contributed by atoms with van der Waals surface area (Å²) < 4.78 is 23.9. The largest absolute Gasteiger partial charge is 0.454 e. The minimum Gasteiger partial charge on any atom is -0.454 e. The average Bonchev–Trinajstić information content (AvgIpc) is 3.34. The summed E-state index contributed by atoms with van der Waals surface area (Å²) in [6.07, 6.45) is 3.10. The zero-order valence-corrected chi connectivity index (χ0v) is 18.2. The number of rotatable bonds is 6. The maximum atomic E-state index is 13.0. The summed E-state index contributed by atoms with van der Waals surface area (Å²) in [7, 11) is 1.77. The fourth-order valence-corrected chi connectivity index (χ4v) is 3.39. The molecule has 0 radical (unpaired) electrons. The molecule has 1 aliphatic carbocycles. The van der Waals surface area contributed by atoms with Crippen molar-refractivity contribution in [2.75, 3.05) is 26.9 Å². The Morgan fingerprint density at radius 2 is 1.82 bits per heavy atom. The molecule has 2 aromatic rings. The summed E-state index contributed by atoms with van der Waals surface area (Å²) >= 11 is 0. The van der Waals surface area contributed by atoms with Crippen molar-refractivity contribution in [3.05, 3.63) is 59.4 Å². The first kappa shape index (κ1) is 20.7. The number of nitrogens with zero attached hydrogens (tertiary/aromatic N) is 1. The van der Waals surface area contributed by atoms with Gasteiger partial charge in [0.15, 0.2) is 17.5 Å². The van der Waals surface area contributed by atoms with Crippen molar-refractivity contribution in [3.63, 3.8) is 0 Å². The van der Waals surface area contributed by atoms with Crippen LogP contribution in [0.3, 0.4) is 0 Å². The Morgan fingerprint density at radius 1 is 1.07 bits per heavy atom. The molecule has 0 aromatic heterocycles. The van der Waals surface area contributed by atoms with Crippen molar-refractivity contribution >= 4 is 29.9 Å². The van der Waals surface area contributed by atoms with Crippen molar-refractivity contribution in [2.45, 2.75) is 24.7 Å². The highest BCUT2D eigenvalue weighted by Gasteiger charge is 2.44. The van der Waals surface area contributed by atoms with Gasteiger partial charge in [-0.05, 0) is 54.7 Å². The summed E-state index contributed by atoms with van der Waals surface area (Å²) in [6, 6.07) is 12.8. The summed E-state index contributed by atoms with van der Waals surface area (Å²) in [5.74, 6) is 2.23. The molecule has 2 aromatic carbocycles. The second-order valence-electron chi connectivity index (χ2n) is 7.08. The first-order chi connectivity index (χ1) is 13.2. The Kier molecular flexibility index (Phi) is 6.64. The van der Waals surface area contributed by atoms with Crippen LogP contribution in [-0.2, 0) is 11.8 Å². The molecule has 4 rings (SSSR count). The average molecular weight is 497 g/mol. The van der Waals surface area contributed by atoms with Crippen molar-refractivity contribution in [3.8, 4) is 11.5 Å². The monoisotopic (exact) mass is 497 g/mol. The van der Waals surface area contributed by atoms with Crippen molar-refractivity contribution < 1.29 is 13.9 Å². The summed E-state index contributed by atoms with van der Waals surface area (Å²) in [5, 5.41) is 6.77. The number of fused-ring (bicyclic) bond motifs is 1. The first-order valence-corrected chi connectivity index (χ1v) is 9.28. The molecule has 2 N–H and O–H groups in total. The molecule has 0 spiro atoms. The number of benzene rings is 2.